The van der Waals surface area contributed by atoms with E-state index in [0.29, 0.717) is 28.1 Å². The molecule has 1 heterocycles. The number of aromatic nitrogens is 2. The van der Waals surface area contributed by atoms with Crippen molar-refractivity contribution < 1.29 is 13.9 Å². The molecule has 27 heavy (non-hydrogen) atoms. The van der Waals surface area contributed by atoms with Gasteiger partial charge in [-0.1, -0.05) is 34.6 Å². The standard InChI is InChI=1S/C19H29BrFN3O3/c1-7-27-18(26)16(21)24-17(25)15(20)14(9-22-24)23-13-8-10(2)19(5,6)12(4)11(13)3/h9-13,16,23H,7-8H2,1-6H3/t10-,11+,12+,13+,16?/m0/s1. The number of esters is 1. The van der Waals surface area contributed by atoms with Crippen molar-refractivity contribution in [3.8, 4) is 0 Å². The molecule has 0 aromatic carbocycles. The second-order valence-electron chi connectivity index (χ2n) is 8.07. The molecule has 0 spiro atoms. The number of rotatable bonds is 5. The summed E-state index contributed by atoms with van der Waals surface area (Å²) in [5, 5.41) is 7.23. The van der Waals surface area contributed by atoms with Gasteiger partial charge < -0.3 is 10.1 Å². The third-order valence-corrected chi connectivity index (χ3v) is 7.22. The van der Waals surface area contributed by atoms with Crippen LogP contribution in [0.15, 0.2) is 15.5 Å². The van der Waals surface area contributed by atoms with Crippen LogP contribution in [0.5, 0.6) is 0 Å². The van der Waals surface area contributed by atoms with Gasteiger partial charge in [-0.25, -0.2) is 9.18 Å². The molecule has 5 atom stereocenters. The van der Waals surface area contributed by atoms with E-state index >= 15 is 0 Å². The maximum atomic E-state index is 14.2. The van der Waals surface area contributed by atoms with Gasteiger partial charge in [0.1, 0.15) is 4.47 Å². The Hall–Kier alpha value is -1.44. The van der Waals surface area contributed by atoms with Crippen molar-refractivity contribution in [2.75, 3.05) is 11.9 Å². The van der Waals surface area contributed by atoms with Crippen LogP contribution in [0.4, 0.5) is 10.1 Å². The molecule has 1 aromatic rings. The Morgan fingerprint density at radius 2 is 2.11 bits per heavy atom. The van der Waals surface area contributed by atoms with Crippen LogP contribution in [0.2, 0.25) is 0 Å². The monoisotopic (exact) mass is 445 g/mol. The summed E-state index contributed by atoms with van der Waals surface area (Å²) in [5.74, 6) is 0.252. The quantitative estimate of drug-likeness (QED) is 0.688. The van der Waals surface area contributed by atoms with E-state index in [1.54, 1.807) is 6.92 Å². The number of anilines is 1. The summed E-state index contributed by atoms with van der Waals surface area (Å²) in [6.07, 6.45) is 0.0686. The summed E-state index contributed by atoms with van der Waals surface area (Å²) in [6.45, 7) is 12.9. The first-order valence-electron chi connectivity index (χ1n) is 9.36. The molecule has 0 bridgehead atoms. The van der Waals surface area contributed by atoms with Gasteiger partial charge in [-0.05, 0) is 52.4 Å². The molecule has 1 aromatic heterocycles. The van der Waals surface area contributed by atoms with Crippen molar-refractivity contribution in [2.24, 2.45) is 23.2 Å². The Balaban J connectivity index is 2.25. The normalized spacial score (nSPS) is 28.4. The zero-order valence-corrected chi connectivity index (χ0v) is 18.3. The number of hydrogen-bond acceptors (Lipinski definition) is 5. The van der Waals surface area contributed by atoms with E-state index in [0.717, 1.165) is 6.42 Å². The highest BCUT2D eigenvalue weighted by molar-refractivity contribution is 9.10. The molecular formula is C19H29BrFN3O3. The Morgan fingerprint density at radius 1 is 1.48 bits per heavy atom. The van der Waals surface area contributed by atoms with E-state index in [4.69, 9.17) is 0 Å². The summed E-state index contributed by atoms with van der Waals surface area (Å²) >= 11 is 3.23. The van der Waals surface area contributed by atoms with Gasteiger partial charge in [-0.3, -0.25) is 4.79 Å². The molecule has 1 unspecified atom stereocenters. The molecule has 0 amide bonds. The summed E-state index contributed by atoms with van der Waals surface area (Å²) in [4.78, 5) is 24.0. The largest absolute Gasteiger partial charge is 0.462 e. The molecule has 1 aliphatic carbocycles. The third kappa shape index (κ3) is 4.20. The number of alkyl halides is 1. The SMILES string of the molecule is CCOC(=O)C(F)n1ncc(N[C@@H]2C[C@H](C)C(C)(C)[C@H](C)[C@H]2C)c(Br)c1=O. The summed E-state index contributed by atoms with van der Waals surface area (Å²) in [6, 6.07) is 0.169. The first-order valence-corrected chi connectivity index (χ1v) is 10.2. The first kappa shape index (κ1) is 21.9. The Labute approximate surface area is 168 Å². The fourth-order valence-corrected chi connectivity index (χ4v) is 4.18. The van der Waals surface area contributed by atoms with E-state index < -0.39 is 17.8 Å². The number of ether oxygens (including phenoxy) is 1. The smallest absolute Gasteiger partial charge is 0.363 e. The van der Waals surface area contributed by atoms with E-state index in [1.807, 2.05) is 0 Å². The second-order valence-corrected chi connectivity index (χ2v) is 8.86. The number of nitrogens with one attached hydrogen (secondary N) is 1. The number of halogens is 2. The summed E-state index contributed by atoms with van der Waals surface area (Å²) in [5.41, 5.74) is 0.0195. The number of carbonyl (C=O) groups excluding carboxylic acids is 1. The number of carbonyl (C=O) groups is 1. The van der Waals surface area contributed by atoms with Crippen LogP contribution in [0.1, 0.15) is 54.3 Å². The maximum Gasteiger partial charge on any atom is 0.363 e. The van der Waals surface area contributed by atoms with Crippen LogP contribution in [0.3, 0.4) is 0 Å². The molecule has 0 saturated heterocycles. The molecule has 1 aliphatic rings. The van der Waals surface area contributed by atoms with Crippen LogP contribution in [0, 0.1) is 23.2 Å². The van der Waals surface area contributed by atoms with Crippen LogP contribution in [0.25, 0.3) is 0 Å². The minimum atomic E-state index is -2.27. The Morgan fingerprint density at radius 3 is 2.70 bits per heavy atom. The van der Waals surface area contributed by atoms with Gasteiger partial charge >= 0.3 is 5.97 Å². The minimum absolute atomic E-state index is 0.0289. The minimum Gasteiger partial charge on any atom is -0.462 e. The van der Waals surface area contributed by atoms with Crippen molar-refractivity contribution in [1.29, 1.82) is 0 Å². The van der Waals surface area contributed by atoms with Crippen molar-refractivity contribution in [1.82, 2.24) is 9.78 Å². The lowest BCUT2D eigenvalue weighted by molar-refractivity contribution is -0.153. The average Bonchev–Trinajstić information content (AvgIpc) is 2.62. The van der Waals surface area contributed by atoms with E-state index in [1.165, 1.54) is 6.20 Å². The molecule has 1 saturated carbocycles. The highest BCUT2D eigenvalue weighted by atomic mass is 79.9. The van der Waals surface area contributed by atoms with E-state index in [9.17, 15) is 14.0 Å². The molecule has 8 heteroatoms. The Kier molecular flexibility index (Phi) is 6.71. The molecule has 152 valence electrons. The van der Waals surface area contributed by atoms with Gasteiger partial charge in [0.25, 0.3) is 11.9 Å². The van der Waals surface area contributed by atoms with E-state index in [-0.39, 0.29) is 22.5 Å². The van der Waals surface area contributed by atoms with Crippen LogP contribution in [-0.2, 0) is 9.53 Å². The molecule has 1 N–H and O–H groups in total. The molecule has 0 aliphatic heterocycles. The predicted octanol–water partition coefficient (Wildman–Crippen LogP) is 4.16. The fourth-order valence-electron chi connectivity index (χ4n) is 3.78. The summed E-state index contributed by atoms with van der Waals surface area (Å²) < 4.78 is 19.4. The van der Waals surface area contributed by atoms with Crippen LogP contribution in [-0.4, -0.2) is 28.4 Å². The van der Waals surface area contributed by atoms with Crippen molar-refractivity contribution in [2.45, 2.75) is 60.3 Å². The van der Waals surface area contributed by atoms with Crippen molar-refractivity contribution in [3.05, 3.63) is 21.0 Å². The van der Waals surface area contributed by atoms with Gasteiger partial charge in [0, 0.05) is 6.04 Å². The van der Waals surface area contributed by atoms with Crippen LogP contribution < -0.4 is 10.9 Å². The Bertz CT molecular complexity index is 752. The molecule has 6 nitrogen and oxygen atoms in total. The van der Waals surface area contributed by atoms with E-state index in [2.05, 4.69) is 65.7 Å². The van der Waals surface area contributed by atoms with Crippen molar-refractivity contribution >= 4 is 27.6 Å². The van der Waals surface area contributed by atoms with Gasteiger partial charge in [0.2, 0.25) is 0 Å². The lowest BCUT2D eigenvalue weighted by atomic mass is 9.58. The van der Waals surface area contributed by atoms with Gasteiger partial charge in [-0.15, -0.1) is 0 Å². The number of hydrogen-bond donors (Lipinski definition) is 1. The van der Waals surface area contributed by atoms with Gasteiger partial charge in [0.15, 0.2) is 0 Å². The summed E-state index contributed by atoms with van der Waals surface area (Å²) in [7, 11) is 0. The van der Waals surface area contributed by atoms with Crippen LogP contribution >= 0.6 is 15.9 Å². The molecular weight excluding hydrogens is 417 g/mol. The van der Waals surface area contributed by atoms with Crippen molar-refractivity contribution in [3.63, 3.8) is 0 Å². The topological polar surface area (TPSA) is 73.2 Å². The third-order valence-electron chi connectivity index (χ3n) is 6.45. The lowest BCUT2D eigenvalue weighted by Crippen LogP contribution is -2.48. The van der Waals surface area contributed by atoms with Gasteiger partial charge in [-0.2, -0.15) is 9.78 Å². The second kappa shape index (κ2) is 8.29. The zero-order valence-electron chi connectivity index (χ0n) is 16.8. The number of nitrogens with zero attached hydrogens (tertiary/aromatic N) is 2. The highest BCUT2D eigenvalue weighted by Gasteiger charge is 2.43. The first-order chi connectivity index (χ1) is 12.5. The molecule has 1 fully saturated rings. The fraction of sp³-hybridized carbons (Fsp3) is 0.737. The maximum absolute atomic E-state index is 14.2. The molecule has 2 rings (SSSR count). The predicted molar refractivity (Wildman–Crippen MR) is 106 cm³/mol. The average molecular weight is 446 g/mol. The molecule has 0 radical (unpaired) electrons. The van der Waals surface area contributed by atoms with Gasteiger partial charge in [0.05, 0.1) is 18.5 Å². The lowest BCUT2D eigenvalue weighted by Gasteiger charge is -2.50. The highest BCUT2D eigenvalue weighted by Crippen LogP contribution is 2.48. The zero-order chi connectivity index (χ0) is 20.5.